The summed E-state index contributed by atoms with van der Waals surface area (Å²) >= 11 is 12.4. The summed E-state index contributed by atoms with van der Waals surface area (Å²) in [5.41, 5.74) is 0.946. The maximum absolute atomic E-state index is 14.5. The van der Waals surface area contributed by atoms with Crippen molar-refractivity contribution in [3.05, 3.63) is 93.2 Å². The van der Waals surface area contributed by atoms with E-state index in [1.54, 1.807) is 43.3 Å². The van der Waals surface area contributed by atoms with Crippen LogP contribution in [0.2, 0.25) is 10.0 Å². The number of hydrogen-bond donors (Lipinski definition) is 1. The van der Waals surface area contributed by atoms with Gasteiger partial charge in [0.1, 0.15) is 5.82 Å². The van der Waals surface area contributed by atoms with Crippen LogP contribution in [0.15, 0.2) is 66.2 Å². The maximum atomic E-state index is 14.5. The number of phenolic OH excluding ortho intramolecular Hbond substituents is 1. The second-order valence-corrected chi connectivity index (χ2v) is 13.4. The van der Waals surface area contributed by atoms with Gasteiger partial charge in [-0.05, 0) is 74.6 Å². The molecule has 3 aromatic carbocycles. The minimum absolute atomic E-state index is 0.113. The second-order valence-electron chi connectivity index (χ2n) is 12.6. The maximum Gasteiger partial charge on any atom is 0.241 e. The number of fused-ring (bicyclic) bond motifs is 4. The molecule has 7 rings (SSSR count). The Morgan fingerprint density at radius 2 is 1.61 bits per heavy atom. The summed E-state index contributed by atoms with van der Waals surface area (Å²) in [7, 11) is 1.41. The number of hydrogen-bond acceptors (Lipinski definition) is 6. The van der Waals surface area contributed by atoms with E-state index in [-0.39, 0.29) is 41.0 Å². The first-order valence-electron chi connectivity index (χ1n) is 14.9. The van der Waals surface area contributed by atoms with E-state index in [1.165, 1.54) is 24.1 Å². The topological polar surface area (TPSA) is 104 Å². The normalized spacial score (nSPS) is 28.7. The number of halogens is 3. The van der Waals surface area contributed by atoms with Gasteiger partial charge < -0.3 is 9.84 Å². The third-order valence-corrected chi connectivity index (χ3v) is 11.1. The zero-order valence-corrected chi connectivity index (χ0v) is 26.6. The number of rotatable bonds is 4. The largest absolute Gasteiger partial charge is 0.504 e. The van der Waals surface area contributed by atoms with E-state index in [1.807, 2.05) is 13.0 Å². The molecule has 1 saturated carbocycles. The van der Waals surface area contributed by atoms with Crippen molar-refractivity contribution in [3.63, 3.8) is 0 Å². The fourth-order valence-corrected chi connectivity index (χ4v) is 8.49. The molecule has 2 heterocycles. The molecule has 2 aliphatic heterocycles. The third-order valence-electron chi connectivity index (χ3n) is 10.4. The Balaban J connectivity index is 1.38. The lowest BCUT2D eigenvalue weighted by Crippen LogP contribution is -2.48. The van der Waals surface area contributed by atoms with E-state index in [0.717, 1.165) is 16.5 Å². The first-order valence-corrected chi connectivity index (χ1v) is 15.7. The van der Waals surface area contributed by atoms with Crippen LogP contribution in [0.3, 0.4) is 0 Å². The molecule has 4 amide bonds. The van der Waals surface area contributed by atoms with E-state index < -0.39 is 58.5 Å². The van der Waals surface area contributed by atoms with Gasteiger partial charge >= 0.3 is 0 Å². The summed E-state index contributed by atoms with van der Waals surface area (Å²) in [6.07, 6.45) is 2.24. The number of para-hydroxylation sites is 1. The molecule has 0 unspecified atom stereocenters. The minimum Gasteiger partial charge on any atom is -0.504 e. The van der Waals surface area contributed by atoms with E-state index in [0.29, 0.717) is 21.8 Å². The van der Waals surface area contributed by atoms with Crippen LogP contribution in [0.25, 0.3) is 0 Å². The van der Waals surface area contributed by atoms with Crippen molar-refractivity contribution in [2.45, 2.75) is 32.6 Å². The molecular formula is C35H29Cl2FN2O6. The molecule has 46 heavy (non-hydrogen) atoms. The summed E-state index contributed by atoms with van der Waals surface area (Å²) in [4.78, 5) is 59.1. The van der Waals surface area contributed by atoms with Crippen LogP contribution in [0.5, 0.6) is 11.5 Å². The first kappa shape index (κ1) is 30.4. The summed E-state index contributed by atoms with van der Waals surface area (Å²) in [5.74, 6) is -6.38. The lowest BCUT2D eigenvalue weighted by Gasteiger charge is -2.49. The molecule has 2 aliphatic carbocycles. The Hall–Kier alpha value is -4.21. The number of allylic oxidation sites excluding steroid dienone is 2. The van der Waals surface area contributed by atoms with Crippen molar-refractivity contribution in [1.82, 2.24) is 0 Å². The molecular weight excluding hydrogens is 634 g/mol. The van der Waals surface area contributed by atoms with Crippen molar-refractivity contribution < 1.29 is 33.4 Å². The highest BCUT2D eigenvalue weighted by Gasteiger charge is 2.68. The highest BCUT2D eigenvalue weighted by Crippen LogP contribution is 2.65. The van der Waals surface area contributed by atoms with E-state index >= 15 is 0 Å². The number of methoxy groups -OCH3 is 1. The monoisotopic (exact) mass is 662 g/mol. The third kappa shape index (κ3) is 4.10. The molecule has 3 fully saturated rings. The van der Waals surface area contributed by atoms with Crippen molar-refractivity contribution in [2.24, 2.45) is 29.1 Å². The zero-order chi connectivity index (χ0) is 32.8. The number of carbonyl (C=O) groups is 4. The Morgan fingerprint density at radius 1 is 0.913 bits per heavy atom. The molecule has 0 radical (unpaired) electrons. The fourth-order valence-electron chi connectivity index (χ4n) is 8.14. The van der Waals surface area contributed by atoms with Crippen LogP contribution >= 0.6 is 23.2 Å². The summed E-state index contributed by atoms with van der Waals surface area (Å²) in [6.45, 7) is 3.52. The highest BCUT2D eigenvalue weighted by molar-refractivity contribution is 6.32. The molecule has 0 spiro atoms. The predicted molar refractivity (Wildman–Crippen MR) is 169 cm³/mol. The van der Waals surface area contributed by atoms with Crippen LogP contribution in [-0.2, 0) is 19.2 Å². The molecule has 3 aromatic rings. The van der Waals surface area contributed by atoms with Crippen molar-refractivity contribution in [1.29, 1.82) is 0 Å². The summed E-state index contributed by atoms with van der Waals surface area (Å²) in [5, 5.41) is 11.6. The first-order chi connectivity index (χ1) is 21.9. The number of anilines is 2. The predicted octanol–water partition coefficient (Wildman–Crippen LogP) is 6.59. The molecule has 0 aromatic heterocycles. The molecule has 236 valence electrons. The molecule has 4 aliphatic rings. The number of phenols is 1. The molecule has 6 atom stereocenters. The number of aryl methyl sites for hydroxylation is 1. The smallest absolute Gasteiger partial charge is 0.241 e. The number of benzene rings is 3. The van der Waals surface area contributed by atoms with E-state index in [9.17, 15) is 28.7 Å². The number of amides is 4. The van der Waals surface area contributed by atoms with Gasteiger partial charge in [0.05, 0.1) is 46.7 Å². The van der Waals surface area contributed by atoms with Crippen LogP contribution in [0.1, 0.15) is 36.8 Å². The Bertz CT molecular complexity index is 1910. The number of ether oxygens (including phenoxy) is 1. The highest BCUT2D eigenvalue weighted by atomic mass is 35.5. The van der Waals surface area contributed by atoms with E-state index in [2.05, 4.69) is 0 Å². The Morgan fingerprint density at radius 3 is 2.30 bits per heavy atom. The van der Waals surface area contributed by atoms with Crippen LogP contribution < -0.4 is 14.5 Å². The number of imide groups is 2. The fraction of sp³-hybridized carbons (Fsp3) is 0.314. The van der Waals surface area contributed by atoms with Gasteiger partial charge in [0.15, 0.2) is 11.5 Å². The van der Waals surface area contributed by atoms with Crippen LogP contribution in [0.4, 0.5) is 15.8 Å². The van der Waals surface area contributed by atoms with Gasteiger partial charge in [-0.1, -0.05) is 53.1 Å². The van der Waals surface area contributed by atoms with Crippen molar-refractivity contribution >= 4 is 58.2 Å². The van der Waals surface area contributed by atoms with Gasteiger partial charge in [-0.2, -0.15) is 0 Å². The lowest BCUT2D eigenvalue weighted by molar-refractivity contribution is -0.131. The molecule has 0 bridgehead atoms. The summed E-state index contributed by atoms with van der Waals surface area (Å²) < 4.78 is 19.5. The number of aromatic hydroxyl groups is 1. The van der Waals surface area contributed by atoms with E-state index in [4.69, 9.17) is 27.9 Å². The summed E-state index contributed by atoms with van der Waals surface area (Å²) in [6, 6.07) is 13.6. The van der Waals surface area contributed by atoms with Gasteiger partial charge in [-0.15, -0.1) is 0 Å². The van der Waals surface area contributed by atoms with Gasteiger partial charge in [0.2, 0.25) is 23.6 Å². The average molecular weight is 664 g/mol. The average Bonchev–Trinajstić information content (AvgIpc) is 3.40. The molecule has 11 heteroatoms. The molecule has 8 nitrogen and oxygen atoms in total. The standard InChI is InChI=1S/C35H29Cl2FN2O6/c1-16-7-8-17(13-24(16)36)39-31(42)20-11-10-19-22(28(20)33(39)44)15-23-32(43)40(18-9-12-26(38)25(37)14-18)34(45)35(23,2)29(19)21-5-4-6-27(46-3)30(21)41/h4-10,12-14,20,22-23,28-29,41H,11,15H2,1-3H3/t20-,22+,23-,28-,29+,35+/m0/s1. The van der Waals surface area contributed by atoms with Crippen molar-refractivity contribution in [3.8, 4) is 11.5 Å². The Labute approximate surface area is 274 Å². The molecule has 2 saturated heterocycles. The Kier molecular flexibility index (Phi) is 7.06. The van der Waals surface area contributed by atoms with Gasteiger partial charge in [0.25, 0.3) is 0 Å². The zero-order valence-electron chi connectivity index (χ0n) is 25.1. The van der Waals surface area contributed by atoms with Crippen molar-refractivity contribution in [2.75, 3.05) is 16.9 Å². The lowest BCUT2D eigenvalue weighted by atomic mass is 9.51. The quantitative estimate of drug-likeness (QED) is 0.250. The second kappa shape index (κ2) is 10.7. The number of carbonyl (C=O) groups excluding carboxylic acids is 4. The number of nitrogens with zero attached hydrogens (tertiary/aromatic N) is 2. The van der Waals surface area contributed by atoms with Gasteiger partial charge in [-0.3, -0.25) is 19.2 Å². The van der Waals surface area contributed by atoms with Crippen LogP contribution in [-0.4, -0.2) is 35.8 Å². The van der Waals surface area contributed by atoms with Crippen LogP contribution in [0, 0.1) is 41.8 Å². The van der Waals surface area contributed by atoms with Gasteiger partial charge in [-0.25, -0.2) is 14.2 Å². The molecule has 1 N–H and O–H groups in total. The minimum atomic E-state index is -1.41. The SMILES string of the molecule is COc1cccc([C@H]2C3=CC[C@@H]4C(=O)N(c5ccc(C)c(Cl)c5)C(=O)[C@@H]4[C@@H]3C[C@H]3C(=O)N(c4ccc(F)c(Cl)c4)C(=O)[C@@]23C)c1O. The van der Waals surface area contributed by atoms with Gasteiger partial charge in [0, 0.05) is 16.5 Å².